The van der Waals surface area contributed by atoms with Gasteiger partial charge >= 0.3 is 0 Å². The van der Waals surface area contributed by atoms with Crippen LogP contribution in [0.3, 0.4) is 0 Å². The number of likely N-dealkylation sites (N-methyl/N-ethyl adjacent to an activating group) is 1. The molecule has 5 unspecified atom stereocenters. The zero-order valence-corrected chi connectivity index (χ0v) is 14.6. The number of para-hydroxylation sites is 2. The number of aliphatic hydroxyl groups is 2. The Morgan fingerprint density at radius 2 is 1.75 bits per heavy atom. The molecule has 4 radical (unpaired) electrons. The fourth-order valence-electron chi connectivity index (χ4n) is 3.79. The average molecular weight is 329 g/mol. The Morgan fingerprint density at radius 3 is 2.25 bits per heavy atom. The van der Waals surface area contributed by atoms with Crippen molar-refractivity contribution in [2.75, 3.05) is 27.8 Å². The molecule has 1 aliphatic heterocycles. The van der Waals surface area contributed by atoms with Gasteiger partial charge in [0.05, 0.1) is 33.7 Å². The molecule has 2 fully saturated rings. The van der Waals surface area contributed by atoms with E-state index < -0.39 is 17.4 Å². The number of benzene rings is 1. The van der Waals surface area contributed by atoms with Crippen LogP contribution in [0, 0.1) is 5.92 Å². The second kappa shape index (κ2) is 7.81. The SMILES string of the molecule is COc1ccccc1OC.[B]C1CC2CCN(C)C2C([B])(O)C1O. The van der Waals surface area contributed by atoms with Crippen LogP contribution in [0.2, 0.25) is 5.82 Å². The fourth-order valence-corrected chi connectivity index (χ4v) is 3.79. The number of rotatable bonds is 2. The smallest absolute Gasteiger partial charge is 0.160 e. The van der Waals surface area contributed by atoms with E-state index in [0.717, 1.165) is 30.9 Å². The zero-order valence-electron chi connectivity index (χ0n) is 14.6. The van der Waals surface area contributed by atoms with Crippen molar-refractivity contribution in [3.63, 3.8) is 0 Å². The molecule has 1 saturated carbocycles. The highest BCUT2D eigenvalue weighted by Crippen LogP contribution is 2.43. The number of ether oxygens (including phenoxy) is 2. The van der Waals surface area contributed by atoms with Crippen molar-refractivity contribution in [2.24, 2.45) is 5.92 Å². The fraction of sp³-hybridized carbons (Fsp3) is 0.647. The molecule has 1 saturated heterocycles. The van der Waals surface area contributed by atoms with Gasteiger partial charge in [-0.05, 0) is 43.9 Å². The third kappa shape index (κ3) is 3.73. The van der Waals surface area contributed by atoms with Gasteiger partial charge in [0.1, 0.15) is 7.85 Å². The molecule has 0 amide bonds. The molecule has 3 rings (SSSR count). The van der Waals surface area contributed by atoms with Gasteiger partial charge in [0, 0.05) is 6.04 Å². The highest BCUT2D eigenvalue weighted by Gasteiger charge is 2.52. The van der Waals surface area contributed by atoms with Crippen LogP contribution in [0.4, 0.5) is 0 Å². The lowest BCUT2D eigenvalue weighted by Gasteiger charge is -2.49. The Bertz CT molecular complexity index is 520. The van der Waals surface area contributed by atoms with Gasteiger partial charge in [-0.15, -0.1) is 0 Å². The van der Waals surface area contributed by atoms with Gasteiger partial charge in [-0.25, -0.2) is 0 Å². The molecule has 1 aromatic carbocycles. The Labute approximate surface area is 146 Å². The third-order valence-electron chi connectivity index (χ3n) is 4.99. The largest absolute Gasteiger partial charge is 0.493 e. The summed E-state index contributed by atoms with van der Waals surface area (Å²) < 4.78 is 10.0. The topological polar surface area (TPSA) is 62.2 Å². The first kappa shape index (κ1) is 19.2. The van der Waals surface area contributed by atoms with Crippen LogP contribution in [-0.4, -0.2) is 76.3 Å². The van der Waals surface area contributed by atoms with Crippen LogP contribution in [0.25, 0.3) is 0 Å². The van der Waals surface area contributed by atoms with Crippen LogP contribution < -0.4 is 9.47 Å². The molecule has 5 nitrogen and oxygen atoms in total. The molecule has 0 aromatic heterocycles. The van der Waals surface area contributed by atoms with Gasteiger partial charge in [0.2, 0.25) is 0 Å². The van der Waals surface area contributed by atoms with Crippen molar-refractivity contribution < 1.29 is 19.7 Å². The Hall–Kier alpha value is -1.17. The normalized spacial score (nSPS) is 35.5. The lowest BCUT2D eigenvalue weighted by molar-refractivity contribution is -0.0913. The van der Waals surface area contributed by atoms with E-state index in [1.165, 1.54) is 0 Å². The average Bonchev–Trinajstić information content (AvgIpc) is 2.95. The summed E-state index contributed by atoms with van der Waals surface area (Å²) in [6, 6.07) is 7.37. The number of fused-ring (bicyclic) bond motifs is 1. The van der Waals surface area contributed by atoms with Crippen molar-refractivity contribution in [3.05, 3.63) is 24.3 Å². The standard InChI is InChI=1S/C9H15B2NO2.C8H10O2/c1-12-3-2-5-4-6(10)8(13)9(11,14)7(5)12;1-9-7-5-3-4-6-8(7)10-2/h5-8,13-14H,2-4H2,1H3;3-6H,1-2H3. The minimum absolute atomic E-state index is 0.155. The Kier molecular flexibility index (Phi) is 6.23. The number of nitrogens with zero attached hydrogens (tertiary/aromatic N) is 1. The lowest BCUT2D eigenvalue weighted by atomic mass is 9.54. The predicted octanol–water partition coefficient (Wildman–Crippen LogP) is 0.589. The Balaban J connectivity index is 0.000000185. The van der Waals surface area contributed by atoms with Gasteiger partial charge < -0.3 is 24.6 Å². The van der Waals surface area contributed by atoms with Crippen LogP contribution >= 0.6 is 0 Å². The van der Waals surface area contributed by atoms with Crippen LogP contribution in [-0.2, 0) is 0 Å². The molecule has 2 aliphatic rings. The van der Waals surface area contributed by atoms with Gasteiger partial charge in [0.15, 0.2) is 11.5 Å². The van der Waals surface area contributed by atoms with Crippen LogP contribution in [0.1, 0.15) is 12.8 Å². The quantitative estimate of drug-likeness (QED) is 0.778. The van der Waals surface area contributed by atoms with E-state index in [9.17, 15) is 10.2 Å². The summed E-state index contributed by atoms with van der Waals surface area (Å²) in [5.41, 5.74) is -1.56. The van der Waals surface area contributed by atoms with Crippen molar-refractivity contribution in [1.82, 2.24) is 4.90 Å². The molecule has 1 aromatic rings. The second-order valence-corrected chi connectivity index (χ2v) is 6.56. The molecular weight excluding hydrogens is 304 g/mol. The minimum atomic E-state index is -1.56. The predicted molar refractivity (Wildman–Crippen MR) is 94.9 cm³/mol. The molecular formula is C17H25B2NO4. The van der Waals surface area contributed by atoms with E-state index in [-0.39, 0.29) is 6.04 Å². The summed E-state index contributed by atoms with van der Waals surface area (Å²) in [6.45, 7) is 0.911. The maximum Gasteiger partial charge on any atom is 0.160 e. The summed E-state index contributed by atoms with van der Waals surface area (Å²) >= 11 is 0. The molecule has 1 heterocycles. The van der Waals surface area contributed by atoms with Crippen molar-refractivity contribution >= 4 is 15.7 Å². The van der Waals surface area contributed by atoms with Crippen LogP contribution in [0.15, 0.2) is 24.3 Å². The number of hydrogen-bond acceptors (Lipinski definition) is 5. The first-order valence-corrected chi connectivity index (χ1v) is 8.15. The van der Waals surface area contributed by atoms with E-state index in [0.29, 0.717) is 5.92 Å². The van der Waals surface area contributed by atoms with Crippen molar-refractivity contribution in [3.8, 4) is 11.5 Å². The molecule has 2 N–H and O–H groups in total. The van der Waals surface area contributed by atoms with Gasteiger partial charge in [-0.2, -0.15) is 0 Å². The monoisotopic (exact) mass is 329 g/mol. The van der Waals surface area contributed by atoms with E-state index >= 15 is 0 Å². The van der Waals surface area contributed by atoms with Gasteiger partial charge in [-0.1, -0.05) is 18.6 Å². The van der Waals surface area contributed by atoms with E-state index in [2.05, 4.69) is 0 Å². The summed E-state index contributed by atoms with van der Waals surface area (Å²) in [5.74, 6) is 1.45. The molecule has 0 bridgehead atoms. The number of likely N-dealkylation sites (tertiary alicyclic amines) is 1. The highest BCUT2D eigenvalue weighted by molar-refractivity contribution is 6.18. The summed E-state index contributed by atoms with van der Waals surface area (Å²) in [6.07, 6.45) is 0.723. The van der Waals surface area contributed by atoms with Crippen molar-refractivity contribution in [2.45, 2.75) is 36.3 Å². The number of hydrogen-bond donors (Lipinski definition) is 2. The first-order valence-electron chi connectivity index (χ1n) is 8.15. The van der Waals surface area contributed by atoms with Crippen molar-refractivity contribution in [1.29, 1.82) is 0 Å². The molecule has 7 heteroatoms. The van der Waals surface area contributed by atoms with E-state index in [1.54, 1.807) is 14.2 Å². The third-order valence-corrected chi connectivity index (χ3v) is 4.99. The van der Waals surface area contributed by atoms with Gasteiger partial charge in [-0.3, -0.25) is 0 Å². The molecule has 0 spiro atoms. The van der Waals surface area contributed by atoms with E-state index in [4.69, 9.17) is 25.2 Å². The number of methoxy groups -OCH3 is 2. The first-order chi connectivity index (χ1) is 11.3. The van der Waals surface area contributed by atoms with Gasteiger partial charge in [0.25, 0.3) is 0 Å². The zero-order chi connectivity index (χ0) is 17.9. The molecule has 128 valence electrons. The second-order valence-electron chi connectivity index (χ2n) is 6.56. The highest BCUT2D eigenvalue weighted by atomic mass is 16.5. The maximum absolute atomic E-state index is 10.1. The minimum Gasteiger partial charge on any atom is -0.493 e. The lowest BCUT2D eigenvalue weighted by Crippen LogP contribution is -2.63. The summed E-state index contributed by atoms with van der Waals surface area (Å²) in [7, 11) is 16.7. The Morgan fingerprint density at radius 1 is 1.21 bits per heavy atom. The van der Waals surface area contributed by atoms with E-state index in [1.807, 2.05) is 36.2 Å². The molecule has 5 atom stereocenters. The molecule has 24 heavy (non-hydrogen) atoms. The summed E-state index contributed by atoms with van der Waals surface area (Å²) in [5, 5.41) is 19.8. The molecule has 1 aliphatic carbocycles. The maximum atomic E-state index is 10.1. The van der Waals surface area contributed by atoms with Crippen LogP contribution in [0.5, 0.6) is 11.5 Å². The number of aliphatic hydroxyl groups excluding tert-OH is 1. The summed E-state index contributed by atoms with van der Waals surface area (Å²) in [4.78, 5) is 2.01.